The Morgan fingerprint density at radius 1 is 1.17 bits per heavy atom. The van der Waals surface area contributed by atoms with Gasteiger partial charge in [-0.1, -0.05) is 30.3 Å². The van der Waals surface area contributed by atoms with Gasteiger partial charge in [-0.05, 0) is 45.4 Å². The molecule has 1 aromatic heterocycles. The number of rotatable bonds is 5. The largest absolute Gasteiger partial charge is 0.367 e. The van der Waals surface area contributed by atoms with Crippen LogP contribution in [-0.4, -0.2) is 23.0 Å². The van der Waals surface area contributed by atoms with Gasteiger partial charge >= 0.3 is 0 Å². The molecule has 0 atom stereocenters. The second-order valence-corrected chi connectivity index (χ2v) is 6.60. The Morgan fingerprint density at radius 2 is 1.87 bits per heavy atom. The van der Waals surface area contributed by atoms with Crippen LogP contribution in [-0.2, 0) is 6.54 Å². The number of carbonyl (C=O) groups is 1. The van der Waals surface area contributed by atoms with E-state index in [1.807, 2.05) is 51.1 Å². The SMILES string of the molecule is CCN(Cc1ccccc1)c1ccnc(C(=O)NC(C)(C)C)c1. The summed E-state index contributed by atoms with van der Waals surface area (Å²) in [5.74, 6) is -0.143. The zero-order valence-corrected chi connectivity index (χ0v) is 14.3. The number of carbonyl (C=O) groups excluding carboxylic acids is 1. The number of amides is 1. The molecule has 0 aliphatic carbocycles. The first kappa shape index (κ1) is 17.0. The first-order valence-corrected chi connectivity index (χ1v) is 7.96. The molecule has 0 fully saturated rings. The lowest BCUT2D eigenvalue weighted by atomic mass is 10.1. The van der Waals surface area contributed by atoms with Gasteiger partial charge in [-0.2, -0.15) is 0 Å². The second kappa shape index (κ2) is 7.27. The van der Waals surface area contributed by atoms with Crippen LogP contribution >= 0.6 is 0 Å². The quantitative estimate of drug-likeness (QED) is 0.917. The van der Waals surface area contributed by atoms with Gasteiger partial charge in [0.2, 0.25) is 0 Å². The highest BCUT2D eigenvalue weighted by Gasteiger charge is 2.17. The van der Waals surface area contributed by atoms with Crippen LogP contribution in [0.3, 0.4) is 0 Å². The van der Waals surface area contributed by atoms with Gasteiger partial charge in [-0.25, -0.2) is 0 Å². The highest BCUT2D eigenvalue weighted by atomic mass is 16.2. The maximum Gasteiger partial charge on any atom is 0.270 e. The van der Waals surface area contributed by atoms with Crippen LogP contribution in [0.25, 0.3) is 0 Å². The lowest BCUT2D eigenvalue weighted by Crippen LogP contribution is -2.41. The molecule has 2 aromatic rings. The van der Waals surface area contributed by atoms with Crippen molar-refractivity contribution in [2.24, 2.45) is 0 Å². The minimum atomic E-state index is -0.275. The molecule has 0 saturated carbocycles. The molecule has 4 nitrogen and oxygen atoms in total. The van der Waals surface area contributed by atoms with Crippen LogP contribution in [0.2, 0.25) is 0 Å². The minimum Gasteiger partial charge on any atom is -0.367 e. The molecule has 122 valence electrons. The fourth-order valence-corrected chi connectivity index (χ4v) is 2.33. The van der Waals surface area contributed by atoms with E-state index in [4.69, 9.17) is 0 Å². The van der Waals surface area contributed by atoms with Crippen LogP contribution in [0, 0.1) is 0 Å². The van der Waals surface area contributed by atoms with Crippen molar-refractivity contribution in [2.75, 3.05) is 11.4 Å². The average molecular weight is 311 g/mol. The minimum absolute atomic E-state index is 0.143. The van der Waals surface area contributed by atoms with Crippen molar-refractivity contribution in [1.82, 2.24) is 10.3 Å². The first-order valence-electron chi connectivity index (χ1n) is 7.96. The fourth-order valence-electron chi connectivity index (χ4n) is 2.33. The Balaban J connectivity index is 2.18. The molecule has 1 amide bonds. The Labute approximate surface area is 138 Å². The molecule has 2 rings (SSSR count). The van der Waals surface area contributed by atoms with E-state index in [1.54, 1.807) is 6.20 Å². The number of benzene rings is 1. The lowest BCUT2D eigenvalue weighted by Gasteiger charge is -2.24. The van der Waals surface area contributed by atoms with E-state index in [0.29, 0.717) is 5.69 Å². The van der Waals surface area contributed by atoms with E-state index in [-0.39, 0.29) is 11.4 Å². The third-order valence-electron chi connectivity index (χ3n) is 3.43. The third kappa shape index (κ3) is 5.09. The van der Waals surface area contributed by atoms with Crippen molar-refractivity contribution in [3.63, 3.8) is 0 Å². The summed E-state index contributed by atoms with van der Waals surface area (Å²) >= 11 is 0. The second-order valence-electron chi connectivity index (χ2n) is 6.60. The number of pyridine rings is 1. The molecular weight excluding hydrogens is 286 g/mol. The van der Waals surface area contributed by atoms with Gasteiger partial charge in [0.15, 0.2) is 0 Å². The summed E-state index contributed by atoms with van der Waals surface area (Å²) in [5.41, 5.74) is 2.42. The molecule has 0 aliphatic rings. The zero-order valence-electron chi connectivity index (χ0n) is 14.3. The molecule has 0 spiro atoms. The summed E-state index contributed by atoms with van der Waals surface area (Å²) < 4.78 is 0. The van der Waals surface area contributed by atoms with Crippen LogP contribution in [0.5, 0.6) is 0 Å². The first-order chi connectivity index (χ1) is 10.9. The smallest absolute Gasteiger partial charge is 0.270 e. The number of hydrogen-bond acceptors (Lipinski definition) is 3. The van der Waals surface area contributed by atoms with Crippen molar-refractivity contribution in [1.29, 1.82) is 0 Å². The number of hydrogen-bond donors (Lipinski definition) is 1. The highest BCUT2D eigenvalue weighted by Crippen LogP contribution is 2.18. The van der Waals surface area contributed by atoms with Gasteiger partial charge in [-0.3, -0.25) is 9.78 Å². The number of nitrogens with one attached hydrogen (secondary N) is 1. The van der Waals surface area contributed by atoms with Gasteiger partial charge in [0, 0.05) is 30.5 Å². The Kier molecular flexibility index (Phi) is 5.37. The summed E-state index contributed by atoms with van der Waals surface area (Å²) in [6, 6.07) is 14.1. The molecule has 1 aromatic carbocycles. The highest BCUT2D eigenvalue weighted by molar-refractivity contribution is 5.93. The summed E-state index contributed by atoms with van der Waals surface area (Å²) in [5, 5.41) is 2.95. The van der Waals surface area contributed by atoms with Crippen LogP contribution in [0.15, 0.2) is 48.7 Å². The van der Waals surface area contributed by atoms with Crippen molar-refractivity contribution in [3.8, 4) is 0 Å². The number of nitrogens with zero attached hydrogens (tertiary/aromatic N) is 2. The van der Waals surface area contributed by atoms with Gasteiger partial charge < -0.3 is 10.2 Å². The van der Waals surface area contributed by atoms with E-state index in [9.17, 15) is 4.79 Å². The summed E-state index contributed by atoms with van der Waals surface area (Å²) in [4.78, 5) is 18.7. The standard InChI is InChI=1S/C19H25N3O/c1-5-22(14-15-9-7-6-8-10-15)16-11-12-20-17(13-16)18(23)21-19(2,3)4/h6-13H,5,14H2,1-4H3,(H,21,23). The monoisotopic (exact) mass is 311 g/mol. The summed E-state index contributed by atoms with van der Waals surface area (Å²) in [6.07, 6.45) is 1.69. The van der Waals surface area contributed by atoms with Crippen LogP contribution < -0.4 is 10.2 Å². The van der Waals surface area contributed by atoms with Gasteiger partial charge in [0.25, 0.3) is 5.91 Å². The molecule has 0 bridgehead atoms. The molecule has 1 heterocycles. The van der Waals surface area contributed by atoms with Gasteiger partial charge in [-0.15, -0.1) is 0 Å². The van der Waals surface area contributed by atoms with E-state index in [2.05, 4.69) is 34.3 Å². The van der Waals surface area contributed by atoms with E-state index in [0.717, 1.165) is 18.8 Å². The lowest BCUT2D eigenvalue weighted by molar-refractivity contribution is 0.0914. The number of aromatic nitrogens is 1. The predicted molar refractivity (Wildman–Crippen MR) is 94.6 cm³/mol. The number of anilines is 1. The van der Waals surface area contributed by atoms with Crippen molar-refractivity contribution in [2.45, 2.75) is 39.8 Å². The summed E-state index contributed by atoms with van der Waals surface area (Å²) in [7, 11) is 0. The van der Waals surface area contributed by atoms with Crippen LogP contribution in [0.1, 0.15) is 43.7 Å². The Bertz CT molecular complexity index is 647. The zero-order chi connectivity index (χ0) is 16.9. The molecular formula is C19H25N3O. The topological polar surface area (TPSA) is 45.2 Å². The Morgan fingerprint density at radius 3 is 2.48 bits per heavy atom. The van der Waals surface area contributed by atoms with Gasteiger partial charge in [0.1, 0.15) is 5.69 Å². The average Bonchev–Trinajstić information content (AvgIpc) is 2.52. The molecule has 0 unspecified atom stereocenters. The molecule has 0 radical (unpaired) electrons. The molecule has 0 saturated heterocycles. The van der Waals surface area contributed by atoms with Crippen molar-refractivity contribution >= 4 is 11.6 Å². The Hall–Kier alpha value is -2.36. The molecule has 1 N–H and O–H groups in total. The van der Waals surface area contributed by atoms with Crippen molar-refractivity contribution < 1.29 is 4.79 Å². The fraction of sp³-hybridized carbons (Fsp3) is 0.368. The van der Waals surface area contributed by atoms with Crippen LogP contribution in [0.4, 0.5) is 5.69 Å². The predicted octanol–water partition coefficient (Wildman–Crippen LogP) is 3.64. The normalized spacial score (nSPS) is 11.1. The molecule has 0 aliphatic heterocycles. The summed E-state index contributed by atoms with van der Waals surface area (Å²) in [6.45, 7) is 9.66. The maximum absolute atomic E-state index is 12.3. The van der Waals surface area contributed by atoms with E-state index in [1.165, 1.54) is 5.56 Å². The van der Waals surface area contributed by atoms with E-state index >= 15 is 0 Å². The maximum atomic E-state index is 12.3. The van der Waals surface area contributed by atoms with Crippen molar-refractivity contribution in [3.05, 3.63) is 59.9 Å². The third-order valence-corrected chi connectivity index (χ3v) is 3.43. The molecule has 23 heavy (non-hydrogen) atoms. The van der Waals surface area contributed by atoms with E-state index < -0.39 is 0 Å². The van der Waals surface area contributed by atoms with Gasteiger partial charge in [0.05, 0.1) is 0 Å². The molecule has 4 heteroatoms.